The molecule has 6 heteroatoms. The molecule has 0 atom stereocenters. The Balaban J connectivity index is 1.63. The van der Waals surface area contributed by atoms with E-state index < -0.39 is 0 Å². The summed E-state index contributed by atoms with van der Waals surface area (Å²) in [6, 6.07) is 17.2. The highest BCUT2D eigenvalue weighted by molar-refractivity contribution is 5.63. The van der Waals surface area contributed by atoms with Gasteiger partial charge in [0.05, 0.1) is 0 Å². The maximum Gasteiger partial charge on any atom is 0.258 e. The quantitative estimate of drug-likeness (QED) is 0.573. The van der Waals surface area contributed by atoms with E-state index in [2.05, 4.69) is 20.3 Å². The zero-order valence-electron chi connectivity index (χ0n) is 12.3. The standard InChI is InChI=1S/C17H12N4O2/c1-11-18-16(22-20-11)14-9-7-12(8-10-14)15-19-17(23-21-15)13-5-3-2-4-6-13/h2-10H,1H3. The fourth-order valence-electron chi connectivity index (χ4n) is 2.21. The van der Waals surface area contributed by atoms with Crippen molar-refractivity contribution < 1.29 is 9.05 Å². The second-order valence-electron chi connectivity index (χ2n) is 5.01. The first kappa shape index (κ1) is 13.4. The molecule has 0 unspecified atom stereocenters. The lowest BCUT2D eigenvalue weighted by Gasteiger charge is -1.96. The van der Waals surface area contributed by atoms with Crippen LogP contribution in [0.15, 0.2) is 63.6 Å². The molecule has 4 aromatic rings. The lowest BCUT2D eigenvalue weighted by atomic mass is 10.1. The van der Waals surface area contributed by atoms with Gasteiger partial charge in [0, 0.05) is 16.7 Å². The van der Waals surface area contributed by atoms with Crippen LogP contribution in [0.4, 0.5) is 0 Å². The summed E-state index contributed by atoms with van der Waals surface area (Å²) in [5, 5.41) is 7.82. The Kier molecular flexibility index (Phi) is 3.20. The summed E-state index contributed by atoms with van der Waals surface area (Å²) in [5.74, 6) is 2.14. The van der Waals surface area contributed by atoms with Crippen molar-refractivity contribution in [2.75, 3.05) is 0 Å². The van der Waals surface area contributed by atoms with E-state index in [1.54, 1.807) is 6.92 Å². The number of benzene rings is 2. The van der Waals surface area contributed by atoms with Crippen LogP contribution in [0.25, 0.3) is 34.3 Å². The predicted octanol–water partition coefficient (Wildman–Crippen LogP) is 3.76. The molecule has 4 rings (SSSR count). The summed E-state index contributed by atoms with van der Waals surface area (Å²) < 4.78 is 10.5. The van der Waals surface area contributed by atoms with Crippen LogP contribution in [-0.4, -0.2) is 20.3 Å². The predicted molar refractivity (Wildman–Crippen MR) is 83.2 cm³/mol. The fraction of sp³-hybridized carbons (Fsp3) is 0.0588. The molecule has 0 spiro atoms. The van der Waals surface area contributed by atoms with E-state index >= 15 is 0 Å². The molecule has 6 nitrogen and oxygen atoms in total. The van der Waals surface area contributed by atoms with Gasteiger partial charge in [-0.1, -0.05) is 40.6 Å². The second-order valence-corrected chi connectivity index (χ2v) is 5.01. The van der Waals surface area contributed by atoms with Crippen LogP contribution in [0.2, 0.25) is 0 Å². The normalized spacial score (nSPS) is 10.8. The van der Waals surface area contributed by atoms with Crippen LogP contribution in [-0.2, 0) is 0 Å². The third-order valence-corrected chi connectivity index (χ3v) is 3.36. The minimum absolute atomic E-state index is 0.493. The van der Waals surface area contributed by atoms with E-state index in [9.17, 15) is 0 Å². The molecule has 0 amide bonds. The molecule has 2 aromatic carbocycles. The summed E-state index contributed by atoms with van der Waals surface area (Å²) in [4.78, 5) is 8.63. The van der Waals surface area contributed by atoms with Gasteiger partial charge in [0.1, 0.15) is 0 Å². The fourth-order valence-corrected chi connectivity index (χ4v) is 2.21. The highest BCUT2D eigenvalue weighted by atomic mass is 16.5. The van der Waals surface area contributed by atoms with Gasteiger partial charge >= 0.3 is 0 Å². The monoisotopic (exact) mass is 304 g/mol. The van der Waals surface area contributed by atoms with E-state index in [4.69, 9.17) is 9.05 Å². The van der Waals surface area contributed by atoms with Crippen LogP contribution in [0, 0.1) is 6.92 Å². The van der Waals surface area contributed by atoms with Crippen LogP contribution in [0.3, 0.4) is 0 Å². The molecule has 0 radical (unpaired) electrons. The van der Waals surface area contributed by atoms with Crippen LogP contribution in [0.1, 0.15) is 5.82 Å². The van der Waals surface area contributed by atoms with Crippen molar-refractivity contribution in [1.29, 1.82) is 0 Å². The van der Waals surface area contributed by atoms with E-state index in [-0.39, 0.29) is 0 Å². The molecular formula is C17H12N4O2. The summed E-state index contributed by atoms with van der Waals surface area (Å²) in [6.45, 7) is 1.78. The van der Waals surface area contributed by atoms with Gasteiger partial charge in [-0.3, -0.25) is 0 Å². The van der Waals surface area contributed by atoms with Gasteiger partial charge in [-0.05, 0) is 31.2 Å². The van der Waals surface area contributed by atoms with Crippen molar-refractivity contribution in [3.05, 3.63) is 60.4 Å². The molecule has 0 aliphatic rings. The maximum atomic E-state index is 5.32. The van der Waals surface area contributed by atoms with E-state index in [1.807, 2.05) is 54.6 Å². The van der Waals surface area contributed by atoms with Gasteiger partial charge in [0.15, 0.2) is 5.82 Å². The first-order valence-corrected chi connectivity index (χ1v) is 7.10. The smallest absolute Gasteiger partial charge is 0.258 e. The lowest BCUT2D eigenvalue weighted by molar-refractivity contribution is 0.425. The van der Waals surface area contributed by atoms with E-state index in [0.717, 1.165) is 16.7 Å². The molecular weight excluding hydrogens is 292 g/mol. The number of hydrogen-bond donors (Lipinski definition) is 0. The Morgan fingerprint density at radius 3 is 1.96 bits per heavy atom. The molecule has 0 saturated carbocycles. The molecule has 2 aromatic heterocycles. The number of rotatable bonds is 3. The number of nitrogens with zero attached hydrogens (tertiary/aromatic N) is 4. The van der Waals surface area contributed by atoms with Gasteiger partial charge in [0.25, 0.3) is 11.8 Å². The average molecular weight is 304 g/mol. The Labute approximate surface area is 131 Å². The third-order valence-electron chi connectivity index (χ3n) is 3.36. The third kappa shape index (κ3) is 2.62. The topological polar surface area (TPSA) is 77.8 Å². The van der Waals surface area contributed by atoms with Crippen molar-refractivity contribution in [2.24, 2.45) is 0 Å². The highest BCUT2D eigenvalue weighted by Crippen LogP contribution is 2.24. The highest BCUT2D eigenvalue weighted by Gasteiger charge is 2.11. The number of hydrogen-bond acceptors (Lipinski definition) is 6. The van der Waals surface area contributed by atoms with E-state index in [1.165, 1.54) is 0 Å². The van der Waals surface area contributed by atoms with Gasteiger partial charge in [-0.15, -0.1) is 0 Å². The van der Waals surface area contributed by atoms with Crippen molar-refractivity contribution in [3.63, 3.8) is 0 Å². The number of aromatic nitrogens is 4. The van der Waals surface area contributed by atoms with Gasteiger partial charge in [0.2, 0.25) is 5.82 Å². The SMILES string of the molecule is Cc1noc(-c2ccc(-c3noc(-c4ccccc4)n3)cc2)n1. The van der Waals surface area contributed by atoms with Crippen molar-refractivity contribution in [2.45, 2.75) is 6.92 Å². The molecule has 0 N–H and O–H groups in total. The molecule has 0 aliphatic heterocycles. The Morgan fingerprint density at radius 2 is 1.26 bits per heavy atom. The summed E-state index contributed by atoms with van der Waals surface area (Å²) in [7, 11) is 0. The number of aryl methyl sites for hydroxylation is 1. The lowest BCUT2D eigenvalue weighted by Crippen LogP contribution is -1.83. The van der Waals surface area contributed by atoms with Gasteiger partial charge in [-0.2, -0.15) is 9.97 Å². The summed E-state index contributed by atoms with van der Waals surface area (Å²) in [5.41, 5.74) is 2.60. The summed E-state index contributed by atoms with van der Waals surface area (Å²) >= 11 is 0. The average Bonchev–Trinajstić information content (AvgIpc) is 3.25. The zero-order valence-corrected chi connectivity index (χ0v) is 12.3. The maximum absolute atomic E-state index is 5.32. The molecule has 0 bridgehead atoms. The largest absolute Gasteiger partial charge is 0.334 e. The van der Waals surface area contributed by atoms with Crippen LogP contribution < -0.4 is 0 Å². The van der Waals surface area contributed by atoms with Gasteiger partial charge < -0.3 is 9.05 Å². The van der Waals surface area contributed by atoms with E-state index in [0.29, 0.717) is 23.4 Å². The minimum atomic E-state index is 0.493. The minimum Gasteiger partial charge on any atom is -0.334 e. The van der Waals surface area contributed by atoms with Crippen molar-refractivity contribution in [3.8, 4) is 34.3 Å². The van der Waals surface area contributed by atoms with Gasteiger partial charge in [-0.25, -0.2) is 0 Å². The van der Waals surface area contributed by atoms with Crippen molar-refractivity contribution >= 4 is 0 Å². The molecule has 2 heterocycles. The first-order valence-electron chi connectivity index (χ1n) is 7.10. The molecule has 0 aliphatic carbocycles. The second kappa shape index (κ2) is 5.49. The molecule has 0 saturated heterocycles. The molecule has 112 valence electrons. The van der Waals surface area contributed by atoms with Crippen molar-refractivity contribution in [1.82, 2.24) is 20.3 Å². The zero-order chi connectivity index (χ0) is 15.6. The Morgan fingerprint density at radius 1 is 0.652 bits per heavy atom. The first-order chi connectivity index (χ1) is 11.3. The molecule has 23 heavy (non-hydrogen) atoms. The van der Waals surface area contributed by atoms with Crippen LogP contribution in [0.5, 0.6) is 0 Å². The Bertz CT molecular complexity index is 927. The summed E-state index contributed by atoms with van der Waals surface area (Å²) in [6.07, 6.45) is 0. The molecule has 0 fully saturated rings. The van der Waals surface area contributed by atoms with Crippen LogP contribution >= 0.6 is 0 Å². The Hall–Kier alpha value is -3.28.